The summed E-state index contributed by atoms with van der Waals surface area (Å²) in [6, 6.07) is 2.48. The number of aryl methyl sites for hydroxylation is 1. The molecule has 0 unspecified atom stereocenters. The molecule has 0 aliphatic carbocycles. The van der Waals surface area contributed by atoms with Gasteiger partial charge in [0.25, 0.3) is 0 Å². The third-order valence-corrected chi connectivity index (χ3v) is 2.11. The maximum absolute atomic E-state index is 8.69. The van der Waals surface area contributed by atoms with E-state index in [1.54, 1.807) is 0 Å². The van der Waals surface area contributed by atoms with Crippen molar-refractivity contribution in [3.8, 4) is 0 Å². The summed E-state index contributed by atoms with van der Waals surface area (Å²) in [5.41, 5.74) is 1.28. The van der Waals surface area contributed by atoms with Crippen LogP contribution in [0.4, 0.5) is 0 Å². The minimum Gasteiger partial charge on any atom is -0.396 e. The first kappa shape index (κ1) is 10.3. The van der Waals surface area contributed by atoms with E-state index >= 15 is 0 Å². The summed E-state index contributed by atoms with van der Waals surface area (Å²) in [7, 11) is 2.01. The minimum atomic E-state index is 0.253. The zero-order chi connectivity index (χ0) is 9.68. The van der Waals surface area contributed by atoms with Crippen molar-refractivity contribution in [1.29, 1.82) is 0 Å². The quantitative estimate of drug-likeness (QED) is 0.709. The Bertz CT molecular complexity index is 245. The van der Waals surface area contributed by atoms with E-state index in [1.807, 2.05) is 17.8 Å². The molecule has 1 aromatic rings. The molecule has 0 aliphatic rings. The van der Waals surface area contributed by atoms with Crippen LogP contribution in [-0.4, -0.2) is 22.3 Å². The average Bonchev–Trinajstić information content (AvgIpc) is 2.49. The van der Waals surface area contributed by atoms with Gasteiger partial charge in [-0.25, -0.2) is 0 Å². The van der Waals surface area contributed by atoms with Crippen molar-refractivity contribution in [3.63, 3.8) is 0 Å². The van der Waals surface area contributed by atoms with E-state index in [-0.39, 0.29) is 6.61 Å². The molecule has 0 spiro atoms. The van der Waals surface area contributed by atoms with E-state index in [0.717, 1.165) is 13.0 Å². The molecule has 13 heavy (non-hydrogen) atoms. The van der Waals surface area contributed by atoms with Crippen molar-refractivity contribution >= 4 is 0 Å². The van der Waals surface area contributed by atoms with E-state index < -0.39 is 0 Å². The Balaban J connectivity index is 2.26. The van der Waals surface area contributed by atoms with Crippen LogP contribution in [0.3, 0.4) is 0 Å². The molecule has 1 atom stereocenters. The van der Waals surface area contributed by atoms with E-state index in [4.69, 9.17) is 5.11 Å². The first-order chi connectivity index (χ1) is 6.22. The summed E-state index contributed by atoms with van der Waals surface area (Å²) in [6.07, 6.45) is 4.94. The number of aliphatic hydroxyl groups excluding tert-OH is 1. The molecule has 0 aromatic carbocycles. The van der Waals surface area contributed by atoms with E-state index in [9.17, 15) is 0 Å². The smallest absolute Gasteiger partial charge is 0.0445 e. The Kier molecular flexibility index (Phi) is 3.99. The second kappa shape index (κ2) is 5.04. The molecule has 1 heterocycles. The molecule has 3 nitrogen and oxygen atoms in total. The lowest BCUT2D eigenvalue weighted by atomic mass is 10.2. The van der Waals surface area contributed by atoms with Crippen LogP contribution in [0.2, 0.25) is 0 Å². The SMILES string of the molecule is C[C@H](CCO)NCc1ccn(C)c1. The normalized spacial score (nSPS) is 13.2. The fraction of sp³-hybridized carbons (Fsp3) is 0.600. The maximum atomic E-state index is 8.69. The Labute approximate surface area is 79.4 Å². The van der Waals surface area contributed by atoms with Crippen LogP contribution in [0.15, 0.2) is 18.5 Å². The molecule has 0 amide bonds. The summed E-state index contributed by atoms with van der Waals surface area (Å²) in [5.74, 6) is 0. The van der Waals surface area contributed by atoms with Gasteiger partial charge < -0.3 is 15.0 Å². The van der Waals surface area contributed by atoms with Crippen LogP contribution in [0.1, 0.15) is 18.9 Å². The molecule has 0 aliphatic heterocycles. The molecule has 0 saturated heterocycles. The Hall–Kier alpha value is -0.800. The van der Waals surface area contributed by atoms with Crippen LogP contribution >= 0.6 is 0 Å². The lowest BCUT2D eigenvalue weighted by molar-refractivity contribution is 0.268. The zero-order valence-corrected chi connectivity index (χ0v) is 8.33. The lowest BCUT2D eigenvalue weighted by Crippen LogP contribution is -2.26. The third-order valence-electron chi connectivity index (χ3n) is 2.11. The first-order valence-electron chi connectivity index (χ1n) is 4.67. The monoisotopic (exact) mass is 182 g/mol. The predicted molar refractivity (Wildman–Crippen MR) is 53.4 cm³/mol. The Morgan fingerprint density at radius 2 is 2.38 bits per heavy atom. The largest absolute Gasteiger partial charge is 0.396 e. The van der Waals surface area contributed by atoms with Gasteiger partial charge >= 0.3 is 0 Å². The second-order valence-electron chi connectivity index (χ2n) is 3.48. The summed E-state index contributed by atoms with van der Waals surface area (Å²) < 4.78 is 2.04. The highest BCUT2D eigenvalue weighted by Crippen LogP contribution is 2.00. The highest BCUT2D eigenvalue weighted by atomic mass is 16.3. The van der Waals surface area contributed by atoms with Crippen LogP contribution in [0.25, 0.3) is 0 Å². The number of rotatable bonds is 5. The maximum Gasteiger partial charge on any atom is 0.0445 e. The molecule has 74 valence electrons. The molecule has 3 heteroatoms. The van der Waals surface area contributed by atoms with Gasteiger partial charge in [0.2, 0.25) is 0 Å². The fourth-order valence-corrected chi connectivity index (χ4v) is 1.25. The topological polar surface area (TPSA) is 37.2 Å². The summed E-state index contributed by atoms with van der Waals surface area (Å²) >= 11 is 0. The molecule has 1 rings (SSSR count). The molecule has 0 radical (unpaired) electrons. The molecule has 0 saturated carbocycles. The van der Waals surface area contributed by atoms with Gasteiger partial charge in [0.15, 0.2) is 0 Å². The van der Waals surface area contributed by atoms with Gasteiger partial charge in [0, 0.05) is 38.6 Å². The van der Waals surface area contributed by atoms with Crippen molar-refractivity contribution in [2.24, 2.45) is 7.05 Å². The van der Waals surface area contributed by atoms with Gasteiger partial charge in [0.05, 0.1) is 0 Å². The highest BCUT2D eigenvalue weighted by molar-refractivity contribution is 5.09. The predicted octanol–water partition coefficient (Wildman–Crippen LogP) is 0.886. The van der Waals surface area contributed by atoms with E-state index in [0.29, 0.717) is 6.04 Å². The van der Waals surface area contributed by atoms with Crippen LogP contribution < -0.4 is 5.32 Å². The highest BCUT2D eigenvalue weighted by Gasteiger charge is 2.00. The van der Waals surface area contributed by atoms with Crippen molar-refractivity contribution in [2.45, 2.75) is 25.9 Å². The lowest BCUT2D eigenvalue weighted by Gasteiger charge is -2.10. The van der Waals surface area contributed by atoms with E-state index in [1.165, 1.54) is 5.56 Å². The Morgan fingerprint density at radius 3 is 2.92 bits per heavy atom. The standard InChI is InChI=1S/C10H18N2O/c1-9(4-6-13)11-7-10-3-5-12(2)8-10/h3,5,8-9,11,13H,4,6-7H2,1-2H3/t9-/m1/s1. The zero-order valence-electron chi connectivity index (χ0n) is 8.33. The van der Waals surface area contributed by atoms with Crippen LogP contribution in [0.5, 0.6) is 0 Å². The summed E-state index contributed by atoms with van der Waals surface area (Å²) in [5, 5.41) is 12.0. The minimum absolute atomic E-state index is 0.253. The summed E-state index contributed by atoms with van der Waals surface area (Å²) in [6.45, 7) is 3.21. The van der Waals surface area contributed by atoms with Gasteiger partial charge in [-0.05, 0) is 25.0 Å². The second-order valence-corrected chi connectivity index (χ2v) is 3.48. The number of nitrogens with one attached hydrogen (secondary N) is 1. The molecular weight excluding hydrogens is 164 g/mol. The van der Waals surface area contributed by atoms with Crippen molar-refractivity contribution in [1.82, 2.24) is 9.88 Å². The average molecular weight is 182 g/mol. The van der Waals surface area contributed by atoms with Crippen molar-refractivity contribution in [3.05, 3.63) is 24.0 Å². The number of hydrogen-bond acceptors (Lipinski definition) is 2. The third kappa shape index (κ3) is 3.61. The number of aromatic nitrogens is 1. The summed E-state index contributed by atoms with van der Waals surface area (Å²) in [4.78, 5) is 0. The van der Waals surface area contributed by atoms with Crippen LogP contribution in [-0.2, 0) is 13.6 Å². The van der Waals surface area contributed by atoms with Crippen LogP contribution in [0, 0.1) is 0 Å². The van der Waals surface area contributed by atoms with Crippen molar-refractivity contribution in [2.75, 3.05) is 6.61 Å². The van der Waals surface area contributed by atoms with Crippen molar-refractivity contribution < 1.29 is 5.11 Å². The van der Waals surface area contributed by atoms with Gasteiger partial charge in [-0.15, -0.1) is 0 Å². The number of nitrogens with zero attached hydrogens (tertiary/aromatic N) is 1. The number of hydrogen-bond donors (Lipinski definition) is 2. The first-order valence-corrected chi connectivity index (χ1v) is 4.67. The number of aliphatic hydroxyl groups is 1. The molecule has 0 bridgehead atoms. The van der Waals surface area contributed by atoms with Gasteiger partial charge in [0.1, 0.15) is 0 Å². The molecule has 2 N–H and O–H groups in total. The van der Waals surface area contributed by atoms with Gasteiger partial charge in [-0.1, -0.05) is 0 Å². The van der Waals surface area contributed by atoms with Gasteiger partial charge in [-0.3, -0.25) is 0 Å². The fourth-order valence-electron chi connectivity index (χ4n) is 1.25. The molecule has 1 aromatic heterocycles. The molecule has 0 fully saturated rings. The van der Waals surface area contributed by atoms with Gasteiger partial charge in [-0.2, -0.15) is 0 Å². The van der Waals surface area contributed by atoms with E-state index in [2.05, 4.69) is 24.5 Å². The molecular formula is C10H18N2O. The Morgan fingerprint density at radius 1 is 1.62 bits per heavy atom.